The van der Waals surface area contributed by atoms with Gasteiger partial charge in [-0.1, -0.05) is 19.1 Å². The van der Waals surface area contributed by atoms with Gasteiger partial charge in [-0.2, -0.15) is 5.26 Å². The Labute approximate surface area is 177 Å². The second-order valence-corrected chi connectivity index (χ2v) is 9.43. The first-order valence-electron chi connectivity index (χ1n) is 10.1. The lowest BCUT2D eigenvalue weighted by Crippen LogP contribution is -2.36. The fraction of sp³-hybridized carbons (Fsp3) is 0.409. The van der Waals surface area contributed by atoms with Gasteiger partial charge in [0.25, 0.3) is 0 Å². The molecule has 2 N–H and O–H groups in total. The number of nitrogens with zero attached hydrogens (tertiary/aromatic N) is 2. The molecule has 1 aliphatic rings. The Morgan fingerprint density at radius 2 is 1.97 bits per heavy atom. The highest BCUT2D eigenvalue weighted by Gasteiger charge is 2.20. The Kier molecular flexibility index (Phi) is 7.08. The van der Waals surface area contributed by atoms with Crippen molar-refractivity contribution >= 4 is 15.7 Å². The van der Waals surface area contributed by atoms with Crippen LogP contribution in [0.2, 0.25) is 0 Å². The van der Waals surface area contributed by atoms with Crippen molar-refractivity contribution in [1.82, 2.24) is 4.72 Å². The normalized spacial score (nSPS) is 15.2. The van der Waals surface area contributed by atoms with E-state index in [2.05, 4.69) is 15.7 Å². The molecule has 0 radical (unpaired) electrons. The summed E-state index contributed by atoms with van der Waals surface area (Å²) in [4.78, 5) is 2.07. The van der Waals surface area contributed by atoms with Crippen molar-refractivity contribution in [3.8, 4) is 17.2 Å². The van der Waals surface area contributed by atoms with Crippen molar-refractivity contribution in [1.29, 1.82) is 5.26 Å². The minimum absolute atomic E-state index is 0.0291. The van der Waals surface area contributed by atoms with Crippen LogP contribution in [0.3, 0.4) is 0 Å². The molecule has 0 amide bonds. The molecule has 1 aliphatic heterocycles. The van der Waals surface area contributed by atoms with Gasteiger partial charge in [0.15, 0.2) is 0 Å². The molecule has 30 heavy (non-hydrogen) atoms. The van der Waals surface area contributed by atoms with E-state index in [1.54, 1.807) is 19.1 Å². The molecule has 1 heterocycles. The minimum atomic E-state index is -3.40. The average molecular weight is 432 g/mol. The van der Waals surface area contributed by atoms with Gasteiger partial charge >= 0.3 is 0 Å². The SMILES string of the molecule is CCCS(=O)(=O)NCc1ccc(F)cc1-c1ccc(N2CCC(O)CC2)c(C#N)c1. The number of aliphatic hydroxyl groups excluding tert-OH is 1. The maximum absolute atomic E-state index is 14.0. The average Bonchev–Trinajstić information content (AvgIpc) is 2.73. The van der Waals surface area contributed by atoms with Crippen LogP contribution in [0.4, 0.5) is 10.1 Å². The van der Waals surface area contributed by atoms with Gasteiger partial charge < -0.3 is 10.0 Å². The predicted molar refractivity (Wildman–Crippen MR) is 115 cm³/mol. The number of nitrogens with one attached hydrogen (secondary N) is 1. The summed E-state index contributed by atoms with van der Waals surface area (Å²) in [6.45, 7) is 3.17. The fourth-order valence-corrected chi connectivity index (χ4v) is 4.73. The molecule has 160 valence electrons. The quantitative estimate of drug-likeness (QED) is 0.702. The Bertz CT molecular complexity index is 1040. The largest absolute Gasteiger partial charge is 0.393 e. The van der Waals surface area contributed by atoms with Crippen molar-refractivity contribution in [3.63, 3.8) is 0 Å². The van der Waals surface area contributed by atoms with Gasteiger partial charge in [-0.05, 0) is 60.2 Å². The third-order valence-electron chi connectivity index (χ3n) is 5.26. The summed E-state index contributed by atoms with van der Waals surface area (Å²) >= 11 is 0. The minimum Gasteiger partial charge on any atom is -0.393 e. The van der Waals surface area contributed by atoms with Crippen molar-refractivity contribution in [2.24, 2.45) is 0 Å². The molecule has 8 heteroatoms. The number of aliphatic hydroxyl groups is 1. The number of rotatable bonds is 7. The molecule has 0 unspecified atom stereocenters. The molecule has 0 aromatic heterocycles. The van der Waals surface area contributed by atoms with Gasteiger partial charge in [-0.3, -0.25) is 0 Å². The van der Waals surface area contributed by atoms with Crippen molar-refractivity contribution in [3.05, 3.63) is 53.3 Å². The number of piperidine rings is 1. The number of hydrogen-bond donors (Lipinski definition) is 2. The number of benzene rings is 2. The Morgan fingerprint density at radius 3 is 2.63 bits per heavy atom. The first-order chi connectivity index (χ1) is 14.3. The molecule has 0 saturated carbocycles. The van der Waals surface area contributed by atoms with Crippen LogP contribution in [0.5, 0.6) is 0 Å². The number of sulfonamides is 1. The van der Waals surface area contributed by atoms with Crippen LogP contribution in [-0.4, -0.2) is 38.5 Å². The molecule has 0 spiro atoms. The molecular formula is C22H26FN3O3S. The summed E-state index contributed by atoms with van der Waals surface area (Å²) in [6.07, 6.45) is 1.50. The molecule has 1 saturated heterocycles. The molecule has 1 fully saturated rings. The second-order valence-electron chi connectivity index (χ2n) is 7.50. The molecule has 6 nitrogen and oxygen atoms in total. The summed E-state index contributed by atoms with van der Waals surface area (Å²) in [5.74, 6) is -0.404. The van der Waals surface area contributed by atoms with Crippen molar-refractivity contribution < 1.29 is 17.9 Å². The van der Waals surface area contributed by atoms with Crippen LogP contribution in [-0.2, 0) is 16.6 Å². The van der Waals surface area contributed by atoms with E-state index in [9.17, 15) is 23.2 Å². The van der Waals surface area contributed by atoms with Crippen LogP contribution in [0.25, 0.3) is 11.1 Å². The van der Waals surface area contributed by atoms with Crippen molar-refractivity contribution in [2.75, 3.05) is 23.7 Å². The van der Waals surface area contributed by atoms with E-state index in [1.807, 2.05) is 12.1 Å². The van der Waals surface area contributed by atoms with E-state index >= 15 is 0 Å². The molecule has 2 aromatic rings. The van der Waals surface area contributed by atoms with E-state index in [4.69, 9.17) is 0 Å². The van der Waals surface area contributed by atoms with E-state index in [0.717, 1.165) is 5.69 Å². The summed E-state index contributed by atoms with van der Waals surface area (Å²) in [5.41, 5.74) is 3.08. The van der Waals surface area contributed by atoms with Crippen LogP contribution in [0.1, 0.15) is 37.3 Å². The molecule has 2 aromatic carbocycles. The lowest BCUT2D eigenvalue weighted by molar-refractivity contribution is 0.145. The highest BCUT2D eigenvalue weighted by molar-refractivity contribution is 7.89. The van der Waals surface area contributed by atoms with Crippen LogP contribution in [0, 0.1) is 17.1 Å². The van der Waals surface area contributed by atoms with Crippen LogP contribution >= 0.6 is 0 Å². The van der Waals surface area contributed by atoms with E-state index < -0.39 is 15.8 Å². The topological polar surface area (TPSA) is 93.4 Å². The standard InChI is InChI=1S/C22H26FN3O3S/c1-2-11-30(28,29)25-15-17-3-5-19(23)13-21(17)16-4-6-22(18(12-16)14-24)26-9-7-20(27)8-10-26/h3-6,12-13,20,25,27H,2,7-11,15H2,1H3. The monoisotopic (exact) mass is 431 g/mol. The first kappa shape index (κ1) is 22.2. The summed E-state index contributed by atoms with van der Waals surface area (Å²) < 4.78 is 40.6. The van der Waals surface area contributed by atoms with Gasteiger partial charge in [0.2, 0.25) is 10.0 Å². The zero-order valence-electron chi connectivity index (χ0n) is 16.9. The lowest BCUT2D eigenvalue weighted by atomic mass is 9.96. The van der Waals surface area contributed by atoms with E-state index in [0.29, 0.717) is 54.6 Å². The fourth-order valence-electron chi connectivity index (χ4n) is 3.68. The molecule has 3 rings (SSSR count). The Hall–Kier alpha value is -2.47. The number of anilines is 1. The lowest BCUT2D eigenvalue weighted by Gasteiger charge is -2.32. The van der Waals surface area contributed by atoms with Gasteiger partial charge in [0, 0.05) is 19.6 Å². The van der Waals surface area contributed by atoms with E-state index in [1.165, 1.54) is 12.1 Å². The number of halogens is 1. The predicted octanol–water partition coefficient (Wildman–Crippen LogP) is 3.15. The zero-order chi connectivity index (χ0) is 21.7. The summed E-state index contributed by atoms with van der Waals surface area (Å²) in [5, 5.41) is 19.4. The highest BCUT2D eigenvalue weighted by atomic mass is 32.2. The maximum Gasteiger partial charge on any atom is 0.211 e. The van der Waals surface area contributed by atoms with Gasteiger partial charge in [-0.15, -0.1) is 0 Å². The Balaban J connectivity index is 1.91. The van der Waals surface area contributed by atoms with Crippen molar-refractivity contribution in [2.45, 2.75) is 38.8 Å². The smallest absolute Gasteiger partial charge is 0.211 e. The van der Waals surface area contributed by atoms with Gasteiger partial charge in [-0.25, -0.2) is 17.5 Å². The summed E-state index contributed by atoms with van der Waals surface area (Å²) in [6, 6.07) is 11.8. The van der Waals surface area contributed by atoms with Crippen LogP contribution in [0.15, 0.2) is 36.4 Å². The van der Waals surface area contributed by atoms with Crippen LogP contribution < -0.4 is 9.62 Å². The van der Waals surface area contributed by atoms with Gasteiger partial charge in [0.05, 0.1) is 23.1 Å². The number of hydrogen-bond acceptors (Lipinski definition) is 5. The second kappa shape index (κ2) is 9.56. The molecule has 0 bridgehead atoms. The first-order valence-corrected chi connectivity index (χ1v) is 11.7. The maximum atomic E-state index is 14.0. The number of nitriles is 1. The molecular weight excluding hydrogens is 405 g/mol. The highest BCUT2D eigenvalue weighted by Crippen LogP contribution is 2.31. The van der Waals surface area contributed by atoms with Gasteiger partial charge in [0.1, 0.15) is 11.9 Å². The zero-order valence-corrected chi connectivity index (χ0v) is 17.8. The summed E-state index contributed by atoms with van der Waals surface area (Å²) in [7, 11) is -3.40. The van der Waals surface area contributed by atoms with E-state index in [-0.39, 0.29) is 18.4 Å². The third-order valence-corrected chi connectivity index (χ3v) is 6.79. The third kappa shape index (κ3) is 5.36. The molecule has 0 aliphatic carbocycles. The Morgan fingerprint density at radius 1 is 1.23 bits per heavy atom. The molecule has 0 atom stereocenters.